The first-order valence-corrected chi connectivity index (χ1v) is 12.6. The van der Waals surface area contributed by atoms with Gasteiger partial charge in [-0.15, -0.1) is 0 Å². The molecule has 1 N–H and O–H groups in total. The number of nitrogens with zero attached hydrogens (tertiary/aromatic N) is 3. The van der Waals surface area contributed by atoms with Gasteiger partial charge in [0.05, 0.1) is 5.92 Å². The number of carbonyl (C=O) groups is 1. The third kappa shape index (κ3) is 4.18. The third-order valence-electron chi connectivity index (χ3n) is 7.64. The number of hydrogen-bond donors (Lipinski definition) is 1. The Morgan fingerprint density at radius 1 is 1.11 bits per heavy atom. The van der Waals surface area contributed by atoms with E-state index >= 15 is 4.39 Å². The van der Waals surface area contributed by atoms with Crippen LogP contribution in [0, 0.1) is 25.6 Å². The highest BCUT2D eigenvalue weighted by Gasteiger charge is 2.44. The van der Waals surface area contributed by atoms with Gasteiger partial charge in [-0.1, -0.05) is 18.2 Å². The van der Waals surface area contributed by atoms with Gasteiger partial charge in [0.1, 0.15) is 24.0 Å². The highest BCUT2D eigenvalue weighted by atomic mass is 19.1. The Balaban J connectivity index is 1.29. The van der Waals surface area contributed by atoms with Crippen molar-refractivity contribution in [2.24, 2.45) is 13.0 Å². The summed E-state index contributed by atoms with van der Waals surface area (Å²) in [7, 11) is 1.85. The number of aryl methyl sites for hydroxylation is 3. The topological polar surface area (TPSA) is 77.2 Å². The van der Waals surface area contributed by atoms with Gasteiger partial charge in [-0.2, -0.15) is 5.10 Å². The summed E-state index contributed by atoms with van der Waals surface area (Å²) >= 11 is 0. The summed E-state index contributed by atoms with van der Waals surface area (Å²) in [5.41, 5.74) is 7.94. The molecule has 3 atom stereocenters. The minimum absolute atomic E-state index is 0.0741. The standard InChI is InChI=1S/C30H28FN3O3/c1-16-12-19(29-32-15-34(3)33-29)13-17(2)27(16)21-8-10-25(31)28-22(21)9-11-26(28)37-20-6-4-18(5-7-20)23-14-24(23)30(35)36/h4-8,10,12-13,15,23-24,26H,9,11,14H2,1-3H3,(H,35,36)/t23-,24+,26?/m1/s1. The molecule has 6 nitrogen and oxygen atoms in total. The lowest BCUT2D eigenvalue weighted by Gasteiger charge is -2.19. The number of carboxylic acids is 1. The summed E-state index contributed by atoms with van der Waals surface area (Å²) in [6.45, 7) is 4.15. The second kappa shape index (κ2) is 8.83. The Hall–Kier alpha value is -4.00. The van der Waals surface area contributed by atoms with Crippen molar-refractivity contribution in [2.75, 3.05) is 0 Å². The molecule has 1 saturated carbocycles. The number of benzene rings is 3. The molecular formula is C30H28FN3O3. The number of aliphatic carboxylic acids is 1. The van der Waals surface area contributed by atoms with Gasteiger partial charge in [-0.25, -0.2) is 9.37 Å². The van der Waals surface area contributed by atoms with Crippen LogP contribution in [0.5, 0.6) is 5.75 Å². The second-order valence-electron chi connectivity index (χ2n) is 10.2. The number of hydrogen-bond acceptors (Lipinski definition) is 4. The summed E-state index contributed by atoms with van der Waals surface area (Å²) in [5, 5.41) is 13.6. The van der Waals surface area contributed by atoms with Crippen LogP contribution in [-0.4, -0.2) is 25.8 Å². The van der Waals surface area contributed by atoms with Crippen LogP contribution in [0.2, 0.25) is 0 Å². The van der Waals surface area contributed by atoms with Crippen LogP contribution in [-0.2, 0) is 18.3 Å². The molecule has 37 heavy (non-hydrogen) atoms. The van der Waals surface area contributed by atoms with Gasteiger partial charge >= 0.3 is 5.97 Å². The van der Waals surface area contributed by atoms with E-state index in [1.54, 1.807) is 17.1 Å². The van der Waals surface area contributed by atoms with Gasteiger partial charge < -0.3 is 9.84 Å². The lowest BCUT2D eigenvalue weighted by molar-refractivity contribution is -0.138. The molecule has 7 heteroatoms. The average molecular weight is 498 g/mol. The van der Waals surface area contributed by atoms with Crippen LogP contribution in [0.15, 0.2) is 54.9 Å². The first-order chi connectivity index (χ1) is 17.8. The van der Waals surface area contributed by atoms with Gasteiger partial charge in [0.25, 0.3) is 0 Å². The minimum atomic E-state index is -0.743. The Kier molecular flexibility index (Phi) is 5.59. The second-order valence-corrected chi connectivity index (χ2v) is 10.2. The molecule has 188 valence electrons. The SMILES string of the molecule is Cc1cc(-c2ncn(C)n2)cc(C)c1-c1ccc(F)c2c1CCC2Oc1ccc([C@H]2C[C@@H]2C(=O)O)cc1. The minimum Gasteiger partial charge on any atom is -0.486 e. The van der Waals surface area contributed by atoms with Crippen molar-refractivity contribution in [3.05, 3.63) is 88.5 Å². The van der Waals surface area contributed by atoms with E-state index in [0.29, 0.717) is 30.0 Å². The lowest BCUT2D eigenvalue weighted by atomic mass is 9.89. The molecule has 2 aliphatic rings. The largest absolute Gasteiger partial charge is 0.486 e. The van der Waals surface area contributed by atoms with Crippen LogP contribution in [0.25, 0.3) is 22.5 Å². The van der Waals surface area contributed by atoms with Crippen molar-refractivity contribution in [3.8, 4) is 28.3 Å². The molecule has 1 fully saturated rings. The van der Waals surface area contributed by atoms with E-state index in [-0.39, 0.29) is 23.8 Å². The van der Waals surface area contributed by atoms with Crippen molar-refractivity contribution < 1.29 is 19.0 Å². The highest BCUT2D eigenvalue weighted by molar-refractivity contribution is 5.78. The smallest absolute Gasteiger partial charge is 0.307 e. The molecule has 0 aliphatic heterocycles. The molecule has 0 bridgehead atoms. The fourth-order valence-corrected chi connectivity index (χ4v) is 5.81. The molecule has 1 aromatic heterocycles. The molecule has 0 amide bonds. The first kappa shape index (κ1) is 23.4. The predicted octanol–water partition coefficient (Wildman–Crippen LogP) is 6.16. The summed E-state index contributed by atoms with van der Waals surface area (Å²) < 4.78 is 23.1. The Morgan fingerprint density at radius 3 is 2.46 bits per heavy atom. The Morgan fingerprint density at radius 2 is 1.84 bits per heavy atom. The zero-order valence-electron chi connectivity index (χ0n) is 21.0. The van der Waals surface area contributed by atoms with Crippen molar-refractivity contribution in [1.82, 2.24) is 14.8 Å². The van der Waals surface area contributed by atoms with Gasteiger partial charge in [0, 0.05) is 18.2 Å². The van der Waals surface area contributed by atoms with E-state index in [1.165, 1.54) is 0 Å². The van der Waals surface area contributed by atoms with Gasteiger partial charge in [0.15, 0.2) is 5.82 Å². The van der Waals surface area contributed by atoms with E-state index in [1.807, 2.05) is 37.4 Å². The van der Waals surface area contributed by atoms with Crippen molar-refractivity contribution >= 4 is 5.97 Å². The van der Waals surface area contributed by atoms with Gasteiger partial charge in [-0.05, 0) is 103 Å². The molecule has 2 aliphatic carbocycles. The normalized spacial score (nSPS) is 20.1. The van der Waals surface area contributed by atoms with Crippen LogP contribution < -0.4 is 4.74 Å². The molecule has 3 aromatic carbocycles. The van der Waals surface area contributed by atoms with Gasteiger partial charge in [-0.3, -0.25) is 9.48 Å². The summed E-state index contributed by atoms with van der Waals surface area (Å²) in [5.74, 6) is 0.146. The summed E-state index contributed by atoms with van der Waals surface area (Å²) in [6.07, 6.45) is 3.43. The quantitative estimate of drug-likeness (QED) is 0.345. The number of rotatable bonds is 6. The lowest BCUT2D eigenvalue weighted by Crippen LogP contribution is -2.06. The van der Waals surface area contributed by atoms with E-state index < -0.39 is 5.97 Å². The molecule has 0 saturated heterocycles. The molecule has 0 spiro atoms. The number of ether oxygens (including phenoxy) is 1. The molecular weight excluding hydrogens is 469 g/mol. The maximum absolute atomic E-state index is 15.2. The molecule has 1 heterocycles. The molecule has 0 radical (unpaired) electrons. The summed E-state index contributed by atoms with van der Waals surface area (Å²) in [4.78, 5) is 15.6. The van der Waals surface area contributed by atoms with E-state index in [2.05, 4.69) is 36.1 Å². The summed E-state index contributed by atoms with van der Waals surface area (Å²) in [6, 6.07) is 15.2. The number of fused-ring (bicyclic) bond motifs is 1. The number of aromatic nitrogens is 3. The third-order valence-corrected chi connectivity index (χ3v) is 7.64. The molecule has 6 rings (SSSR count). The van der Waals surface area contributed by atoms with Gasteiger partial charge in [0.2, 0.25) is 0 Å². The van der Waals surface area contributed by atoms with Crippen LogP contribution in [0.1, 0.15) is 52.7 Å². The Labute approximate surface area is 214 Å². The van der Waals surface area contributed by atoms with E-state index in [4.69, 9.17) is 4.74 Å². The molecule has 4 aromatic rings. The first-order valence-electron chi connectivity index (χ1n) is 12.6. The van der Waals surface area contributed by atoms with Crippen molar-refractivity contribution in [3.63, 3.8) is 0 Å². The van der Waals surface area contributed by atoms with E-state index in [0.717, 1.165) is 45.4 Å². The van der Waals surface area contributed by atoms with Crippen molar-refractivity contribution in [1.29, 1.82) is 0 Å². The number of halogens is 1. The fourth-order valence-electron chi connectivity index (χ4n) is 5.81. The fraction of sp³-hybridized carbons (Fsp3) is 0.300. The van der Waals surface area contributed by atoms with E-state index in [9.17, 15) is 9.90 Å². The van der Waals surface area contributed by atoms with Crippen molar-refractivity contribution in [2.45, 2.75) is 45.1 Å². The van der Waals surface area contributed by atoms with Crippen LogP contribution >= 0.6 is 0 Å². The Bertz CT molecular complexity index is 1500. The maximum atomic E-state index is 15.2. The highest BCUT2D eigenvalue weighted by Crippen LogP contribution is 2.48. The maximum Gasteiger partial charge on any atom is 0.307 e. The zero-order valence-corrected chi connectivity index (χ0v) is 21.0. The van der Waals surface area contributed by atoms with Crippen LogP contribution in [0.3, 0.4) is 0 Å². The average Bonchev–Trinajstić information content (AvgIpc) is 3.38. The van der Waals surface area contributed by atoms with Crippen LogP contribution in [0.4, 0.5) is 4.39 Å². The monoisotopic (exact) mass is 497 g/mol. The predicted molar refractivity (Wildman–Crippen MR) is 138 cm³/mol. The number of carboxylic acid groups (broad SMARTS) is 1. The zero-order chi connectivity index (χ0) is 25.8. The molecule has 1 unspecified atom stereocenters.